The normalized spacial score (nSPS) is 18.2. The first kappa shape index (κ1) is 15.5. The quantitative estimate of drug-likeness (QED) is 0.868. The number of hydrogen-bond donors (Lipinski definition) is 1. The van der Waals surface area contributed by atoms with Gasteiger partial charge >= 0.3 is 0 Å². The number of nitrogens with one attached hydrogen (secondary N) is 1. The highest BCUT2D eigenvalue weighted by Crippen LogP contribution is 2.28. The van der Waals surface area contributed by atoms with Crippen LogP contribution in [-0.2, 0) is 10.0 Å². The van der Waals surface area contributed by atoms with Gasteiger partial charge in [-0.2, -0.15) is 15.2 Å². The topological polar surface area (TPSA) is 93.8 Å². The van der Waals surface area contributed by atoms with Crippen molar-refractivity contribution in [1.29, 1.82) is 10.5 Å². The Bertz CT molecular complexity index is 673. The molecule has 2 rings (SSSR count). The lowest BCUT2D eigenvalue weighted by Gasteiger charge is -2.25. The molecule has 0 amide bonds. The summed E-state index contributed by atoms with van der Waals surface area (Å²) in [4.78, 5) is 0.0837. The average Bonchev–Trinajstić information content (AvgIpc) is 2.73. The molecule has 0 aromatic heterocycles. The van der Waals surface area contributed by atoms with Crippen LogP contribution in [0.4, 0.5) is 0 Å². The molecule has 0 aliphatic heterocycles. The molecule has 0 atom stereocenters. The first-order valence-electron chi connectivity index (χ1n) is 6.97. The van der Waals surface area contributed by atoms with E-state index < -0.39 is 15.6 Å². The number of rotatable bonds is 3. The monoisotopic (exact) mass is 303 g/mol. The molecule has 21 heavy (non-hydrogen) atoms. The predicted octanol–water partition coefficient (Wildman–Crippen LogP) is 2.45. The Morgan fingerprint density at radius 2 is 1.57 bits per heavy atom. The van der Waals surface area contributed by atoms with Crippen LogP contribution in [0.1, 0.15) is 44.1 Å². The second-order valence-corrected chi connectivity index (χ2v) is 7.03. The molecule has 1 saturated carbocycles. The zero-order chi connectivity index (χ0) is 15.3. The summed E-state index contributed by atoms with van der Waals surface area (Å²) in [6.07, 6.45) is 4.84. The van der Waals surface area contributed by atoms with Crippen LogP contribution in [0.5, 0.6) is 0 Å². The van der Waals surface area contributed by atoms with E-state index in [0.29, 0.717) is 18.4 Å². The van der Waals surface area contributed by atoms with Gasteiger partial charge in [-0.1, -0.05) is 25.7 Å². The molecule has 1 aliphatic rings. The molecule has 0 saturated heterocycles. The van der Waals surface area contributed by atoms with Gasteiger partial charge < -0.3 is 0 Å². The van der Waals surface area contributed by atoms with Gasteiger partial charge in [0.2, 0.25) is 10.0 Å². The predicted molar refractivity (Wildman–Crippen MR) is 77.5 cm³/mol. The molecule has 1 N–H and O–H groups in total. The van der Waals surface area contributed by atoms with E-state index in [4.69, 9.17) is 5.26 Å². The van der Waals surface area contributed by atoms with Gasteiger partial charge in [0.15, 0.2) is 0 Å². The summed E-state index contributed by atoms with van der Waals surface area (Å²) in [7, 11) is -3.75. The van der Waals surface area contributed by atoms with Crippen molar-refractivity contribution in [2.75, 3.05) is 0 Å². The minimum atomic E-state index is -3.75. The van der Waals surface area contributed by atoms with Gasteiger partial charge in [0.05, 0.1) is 22.6 Å². The average molecular weight is 303 g/mol. The van der Waals surface area contributed by atoms with E-state index in [9.17, 15) is 13.7 Å². The zero-order valence-electron chi connectivity index (χ0n) is 11.7. The number of hydrogen-bond acceptors (Lipinski definition) is 4. The smallest absolute Gasteiger partial charge is 0.207 e. The van der Waals surface area contributed by atoms with Crippen molar-refractivity contribution in [3.05, 3.63) is 29.8 Å². The SMILES string of the molecule is N#Cc1ccc(S(=O)(=O)NC2(C#N)CCCCCC2)cc1. The largest absolute Gasteiger partial charge is 0.241 e. The lowest BCUT2D eigenvalue weighted by Crippen LogP contribution is -2.46. The number of sulfonamides is 1. The molecule has 0 heterocycles. The Morgan fingerprint density at radius 3 is 2.05 bits per heavy atom. The maximum absolute atomic E-state index is 12.4. The van der Waals surface area contributed by atoms with E-state index in [1.807, 2.05) is 6.07 Å². The van der Waals surface area contributed by atoms with Gasteiger partial charge in [-0.05, 0) is 37.1 Å². The highest BCUT2D eigenvalue weighted by Gasteiger charge is 2.35. The molecule has 1 aliphatic carbocycles. The van der Waals surface area contributed by atoms with E-state index in [1.165, 1.54) is 24.3 Å². The van der Waals surface area contributed by atoms with Crippen LogP contribution in [0, 0.1) is 22.7 Å². The minimum absolute atomic E-state index is 0.0837. The van der Waals surface area contributed by atoms with Crippen LogP contribution in [0.15, 0.2) is 29.2 Å². The fourth-order valence-corrected chi connectivity index (χ4v) is 3.97. The zero-order valence-corrected chi connectivity index (χ0v) is 12.5. The standard InChI is InChI=1S/C15H17N3O2S/c16-11-13-5-7-14(8-6-13)21(19,20)18-15(12-17)9-3-1-2-4-10-15/h5-8,18H,1-4,9-10H2. The van der Waals surface area contributed by atoms with Gasteiger partial charge in [-0.3, -0.25) is 0 Å². The lowest BCUT2D eigenvalue weighted by atomic mass is 9.94. The Morgan fingerprint density at radius 1 is 1.00 bits per heavy atom. The summed E-state index contributed by atoms with van der Waals surface area (Å²) in [5.74, 6) is 0. The van der Waals surface area contributed by atoms with Gasteiger partial charge in [-0.25, -0.2) is 8.42 Å². The first-order valence-corrected chi connectivity index (χ1v) is 8.45. The van der Waals surface area contributed by atoms with Crippen molar-refractivity contribution < 1.29 is 8.42 Å². The van der Waals surface area contributed by atoms with Crippen LogP contribution in [0.3, 0.4) is 0 Å². The molecule has 1 fully saturated rings. The number of nitriles is 2. The third-order valence-corrected chi connectivity index (χ3v) is 5.35. The van der Waals surface area contributed by atoms with Crippen molar-refractivity contribution in [2.45, 2.75) is 49.0 Å². The third kappa shape index (κ3) is 3.60. The van der Waals surface area contributed by atoms with Crippen molar-refractivity contribution in [2.24, 2.45) is 0 Å². The molecule has 0 unspecified atom stereocenters. The second kappa shape index (κ2) is 6.26. The molecular formula is C15H17N3O2S. The van der Waals surface area contributed by atoms with Crippen molar-refractivity contribution >= 4 is 10.0 Å². The maximum atomic E-state index is 12.4. The van der Waals surface area contributed by atoms with Crippen LogP contribution in [-0.4, -0.2) is 14.0 Å². The Balaban J connectivity index is 2.26. The van der Waals surface area contributed by atoms with Crippen LogP contribution in [0.25, 0.3) is 0 Å². The molecular weight excluding hydrogens is 286 g/mol. The van der Waals surface area contributed by atoms with Crippen LogP contribution in [0.2, 0.25) is 0 Å². The molecule has 1 aromatic carbocycles. The van der Waals surface area contributed by atoms with Crippen LogP contribution >= 0.6 is 0 Å². The lowest BCUT2D eigenvalue weighted by molar-refractivity contribution is 0.422. The number of nitrogens with zero attached hydrogens (tertiary/aromatic N) is 2. The van der Waals surface area contributed by atoms with Crippen LogP contribution < -0.4 is 4.72 Å². The molecule has 0 radical (unpaired) electrons. The van der Waals surface area contributed by atoms with E-state index in [2.05, 4.69) is 10.8 Å². The van der Waals surface area contributed by atoms with E-state index >= 15 is 0 Å². The Labute approximate surface area is 125 Å². The van der Waals surface area contributed by atoms with Gasteiger partial charge in [0.25, 0.3) is 0 Å². The molecule has 110 valence electrons. The van der Waals surface area contributed by atoms with Crippen molar-refractivity contribution in [1.82, 2.24) is 4.72 Å². The third-order valence-electron chi connectivity index (χ3n) is 3.79. The maximum Gasteiger partial charge on any atom is 0.241 e. The summed E-state index contributed by atoms with van der Waals surface area (Å²) in [6.45, 7) is 0. The van der Waals surface area contributed by atoms with Gasteiger partial charge in [0.1, 0.15) is 5.54 Å². The minimum Gasteiger partial charge on any atom is -0.207 e. The molecule has 5 nitrogen and oxygen atoms in total. The van der Waals surface area contributed by atoms with E-state index in [0.717, 1.165) is 25.7 Å². The Hall–Kier alpha value is -1.89. The van der Waals surface area contributed by atoms with Crippen molar-refractivity contribution in [3.63, 3.8) is 0 Å². The van der Waals surface area contributed by atoms with E-state index in [1.54, 1.807) is 0 Å². The second-order valence-electron chi connectivity index (χ2n) is 5.35. The summed E-state index contributed by atoms with van der Waals surface area (Å²) in [5, 5.41) is 18.2. The number of benzene rings is 1. The summed E-state index contributed by atoms with van der Waals surface area (Å²) in [6, 6.07) is 9.81. The van der Waals surface area contributed by atoms with Gasteiger partial charge in [0, 0.05) is 0 Å². The highest BCUT2D eigenvalue weighted by atomic mass is 32.2. The Kier molecular flexibility index (Phi) is 4.62. The molecule has 1 aromatic rings. The van der Waals surface area contributed by atoms with Crippen molar-refractivity contribution in [3.8, 4) is 12.1 Å². The van der Waals surface area contributed by atoms with Gasteiger partial charge in [-0.15, -0.1) is 0 Å². The molecule has 6 heteroatoms. The fourth-order valence-electron chi connectivity index (χ4n) is 2.59. The molecule has 0 bridgehead atoms. The summed E-state index contributed by atoms with van der Waals surface area (Å²) < 4.78 is 27.4. The fraction of sp³-hybridized carbons (Fsp3) is 0.467. The van der Waals surface area contributed by atoms with E-state index in [-0.39, 0.29) is 4.90 Å². The molecule has 0 spiro atoms. The first-order chi connectivity index (χ1) is 10.0. The summed E-state index contributed by atoms with van der Waals surface area (Å²) >= 11 is 0. The highest BCUT2D eigenvalue weighted by molar-refractivity contribution is 7.89. The summed E-state index contributed by atoms with van der Waals surface area (Å²) in [5.41, 5.74) is -0.609.